The summed E-state index contributed by atoms with van der Waals surface area (Å²) in [5.74, 6) is 1.61. The molecule has 0 fully saturated rings. The van der Waals surface area contributed by atoms with E-state index in [1.807, 2.05) is 38.4 Å². The molecule has 0 aliphatic heterocycles. The third-order valence-corrected chi connectivity index (χ3v) is 2.63. The Morgan fingerprint density at radius 3 is 2.88 bits per heavy atom. The van der Waals surface area contributed by atoms with Crippen LogP contribution in [-0.2, 0) is 0 Å². The van der Waals surface area contributed by atoms with Crippen LogP contribution in [0.1, 0.15) is 18.8 Å². The van der Waals surface area contributed by atoms with Crippen molar-refractivity contribution in [3.05, 3.63) is 30.2 Å². The molecule has 0 saturated heterocycles. The first-order chi connectivity index (χ1) is 7.74. The fourth-order valence-corrected chi connectivity index (χ4v) is 1.48. The molecule has 1 aromatic carbocycles. The summed E-state index contributed by atoms with van der Waals surface area (Å²) in [6.07, 6.45) is 1.84. The van der Waals surface area contributed by atoms with Crippen LogP contribution in [0.5, 0.6) is 5.75 Å². The number of aromatic nitrogens is 2. The molecule has 1 unspecified atom stereocenters. The monoisotopic (exact) mass is 217 g/mol. The summed E-state index contributed by atoms with van der Waals surface area (Å²) < 4.78 is 5.17. The minimum atomic E-state index is 0.149. The Hall–Kier alpha value is -1.68. The quantitative estimate of drug-likeness (QED) is 0.853. The van der Waals surface area contributed by atoms with Crippen LogP contribution in [0.4, 0.5) is 0 Å². The fourth-order valence-electron chi connectivity index (χ4n) is 1.48. The number of methoxy groups -OCH3 is 1. The van der Waals surface area contributed by atoms with Crippen molar-refractivity contribution in [2.24, 2.45) is 0 Å². The van der Waals surface area contributed by atoms with Crippen LogP contribution >= 0.6 is 0 Å². The number of nitrogens with zero attached hydrogens (tertiary/aromatic N) is 2. The van der Waals surface area contributed by atoms with Crippen LogP contribution in [-0.4, -0.2) is 24.1 Å². The Kier molecular flexibility index (Phi) is 3.01. The summed E-state index contributed by atoms with van der Waals surface area (Å²) in [5.41, 5.74) is 0.909. The highest BCUT2D eigenvalue weighted by atomic mass is 16.5. The molecule has 0 bridgehead atoms. The number of hydrogen-bond donors (Lipinski definition) is 1. The van der Waals surface area contributed by atoms with Crippen LogP contribution in [0, 0.1) is 0 Å². The van der Waals surface area contributed by atoms with Gasteiger partial charge in [0.15, 0.2) is 0 Å². The van der Waals surface area contributed by atoms with Gasteiger partial charge in [-0.1, -0.05) is 0 Å². The Bertz CT molecular complexity index is 499. The standard InChI is InChI=1S/C12H15N3O/c1-8(13-2)12-14-7-9-4-5-10(16-3)6-11(9)15-12/h4-8,13H,1-3H3. The van der Waals surface area contributed by atoms with Gasteiger partial charge in [-0.15, -0.1) is 0 Å². The van der Waals surface area contributed by atoms with E-state index >= 15 is 0 Å². The molecular formula is C12H15N3O. The van der Waals surface area contributed by atoms with Crippen molar-refractivity contribution in [1.82, 2.24) is 15.3 Å². The van der Waals surface area contributed by atoms with E-state index in [9.17, 15) is 0 Å². The zero-order valence-electron chi connectivity index (χ0n) is 9.69. The molecule has 1 aromatic heterocycles. The number of benzene rings is 1. The van der Waals surface area contributed by atoms with Gasteiger partial charge in [-0.25, -0.2) is 9.97 Å². The second-order valence-electron chi connectivity index (χ2n) is 3.66. The molecule has 0 aliphatic rings. The van der Waals surface area contributed by atoms with Crippen molar-refractivity contribution < 1.29 is 4.74 Å². The second-order valence-corrected chi connectivity index (χ2v) is 3.66. The molecule has 0 spiro atoms. The van der Waals surface area contributed by atoms with Crippen molar-refractivity contribution in [2.75, 3.05) is 14.2 Å². The van der Waals surface area contributed by atoms with Crippen LogP contribution < -0.4 is 10.1 Å². The SMILES string of the molecule is CNC(C)c1ncc2ccc(OC)cc2n1. The van der Waals surface area contributed by atoms with Gasteiger partial charge >= 0.3 is 0 Å². The van der Waals surface area contributed by atoms with Gasteiger partial charge in [0.25, 0.3) is 0 Å². The van der Waals surface area contributed by atoms with Crippen LogP contribution in [0.15, 0.2) is 24.4 Å². The van der Waals surface area contributed by atoms with Gasteiger partial charge in [0.1, 0.15) is 11.6 Å². The number of rotatable bonds is 3. The molecule has 0 saturated carbocycles. The maximum absolute atomic E-state index is 5.17. The topological polar surface area (TPSA) is 47.0 Å². The highest BCUT2D eigenvalue weighted by Gasteiger charge is 2.07. The van der Waals surface area contributed by atoms with E-state index in [1.165, 1.54) is 0 Å². The van der Waals surface area contributed by atoms with E-state index < -0.39 is 0 Å². The number of nitrogens with one attached hydrogen (secondary N) is 1. The predicted molar refractivity (Wildman–Crippen MR) is 63.6 cm³/mol. The zero-order chi connectivity index (χ0) is 11.5. The van der Waals surface area contributed by atoms with Gasteiger partial charge in [-0.2, -0.15) is 0 Å². The van der Waals surface area contributed by atoms with Crippen LogP contribution in [0.3, 0.4) is 0 Å². The van der Waals surface area contributed by atoms with Gasteiger partial charge in [0, 0.05) is 17.6 Å². The zero-order valence-corrected chi connectivity index (χ0v) is 9.69. The summed E-state index contributed by atoms with van der Waals surface area (Å²) in [7, 11) is 3.54. The van der Waals surface area contributed by atoms with Gasteiger partial charge in [0.2, 0.25) is 0 Å². The molecule has 4 heteroatoms. The van der Waals surface area contributed by atoms with Gasteiger partial charge in [0.05, 0.1) is 18.7 Å². The summed E-state index contributed by atoms with van der Waals surface area (Å²) in [6.45, 7) is 2.03. The Morgan fingerprint density at radius 2 is 2.19 bits per heavy atom. The average Bonchev–Trinajstić information content (AvgIpc) is 2.36. The largest absolute Gasteiger partial charge is 0.497 e. The third kappa shape index (κ3) is 1.97. The minimum Gasteiger partial charge on any atom is -0.497 e. The van der Waals surface area contributed by atoms with E-state index in [0.29, 0.717) is 0 Å². The highest BCUT2D eigenvalue weighted by molar-refractivity contribution is 5.79. The molecule has 0 amide bonds. The first-order valence-electron chi connectivity index (χ1n) is 5.22. The molecule has 16 heavy (non-hydrogen) atoms. The summed E-state index contributed by atoms with van der Waals surface area (Å²) in [4.78, 5) is 8.82. The molecular weight excluding hydrogens is 202 g/mol. The predicted octanol–water partition coefficient (Wildman–Crippen LogP) is 1.92. The van der Waals surface area contributed by atoms with Gasteiger partial charge in [-0.05, 0) is 26.1 Å². The smallest absolute Gasteiger partial charge is 0.145 e. The highest BCUT2D eigenvalue weighted by Crippen LogP contribution is 2.19. The van der Waals surface area contributed by atoms with Crippen molar-refractivity contribution in [3.8, 4) is 5.75 Å². The molecule has 4 nitrogen and oxygen atoms in total. The van der Waals surface area contributed by atoms with E-state index in [0.717, 1.165) is 22.5 Å². The molecule has 1 heterocycles. The molecule has 2 aromatic rings. The Morgan fingerprint density at radius 1 is 1.38 bits per heavy atom. The van der Waals surface area contributed by atoms with Crippen LogP contribution in [0.2, 0.25) is 0 Å². The third-order valence-electron chi connectivity index (χ3n) is 2.63. The first-order valence-corrected chi connectivity index (χ1v) is 5.22. The van der Waals surface area contributed by atoms with E-state index in [4.69, 9.17) is 4.74 Å². The first kappa shape index (κ1) is 10.8. The van der Waals surface area contributed by atoms with Crippen molar-refractivity contribution >= 4 is 10.9 Å². The van der Waals surface area contributed by atoms with Crippen molar-refractivity contribution in [1.29, 1.82) is 0 Å². The van der Waals surface area contributed by atoms with Crippen LogP contribution in [0.25, 0.3) is 10.9 Å². The lowest BCUT2D eigenvalue weighted by Crippen LogP contribution is -2.15. The van der Waals surface area contributed by atoms with E-state index in [1.54, 1.807) is 7.11 Å². The molecule has 0 radical (unpaired) electrons. The Labute approximate surface area is 94.7 Å². The average molecular weight is 217 g/mol. The lowest BCUT2D eigenvalue weighted by Gasteiger charge is -2.09. The lowest BCUT2D eigenvalue weighted by atomic mass is 10.2. The summed E-state index contributed by atoms with van der Waals surface area (Å²) in [6, 6.07) is 5.94. The van der Waals surface area contributed by atoms with Gasteiger partial charge in [-0.3, -0.25) is 0 Å². The molecule has 2 rings (SSSR count). The minimum absolute atomic E-state index is 0.149. The summed E-state index contributed by atoms with van der Waals surface area (Å²) in [5, 5.41) is 4.14. The molecule has 1 atom stereocenters. The normalized spacial score (nSPS) is 12.7. The van der Waals surface area contributed by atoms with Crippen molar-refractivity contribution in [3.63, 3.8) is 0 Å². The second kappa shape index (κ2) is 4.45. The molecule has 1 N–H and O–H groups in total. The Balaban J connectivity index is 2.50. The van der Waals surface area contributed by atoms with E-state index in [-0.39, 0.29) is 6.04 Å². The van der Waals surface area contributed by atoms with Crippen molar-refractivity contribution in [2.45, 2.75) is 13.0 Å². The molecule has 0 aliphatic carbocycles. The number of ether oxygens (including phenoxy) is 1. The molecule has 84 valence electrons. The number of hydrogen-bond acceptors (Lipinski definition) is 4. The van der Waals surface area contributed by atoms with E-state index in [2.05, 4.69) is 15.3 Å². The van der Waals surface area contributed by atoms with Gasteiger partial charge < -0.3 is 10.1 Å². The maximum atomic E-state index is 5.17. The number of fused-ring (bicyclic) bond motifs is 1. The fraction of sp³-hybridized carbons (Fsp3) is 0.333. The summed E-state index contributed by atoms with van der Waals surface area (Å²) >= 11 is 0. The maximum Gasteiger partial charge on any atom is 0.145 e. The lowest BCUT2D eigenvalue weighted by molar-refractivity contribution is 0.415.